The summed E-state index contributed by atoms with van der Waals surface area (Å²) in [7, 11) is 0. The molecule has 150 valence electrons. The maximum atomic E-state index is 12.8. The van der Waals surface area contributed by atoms with E-state index in [9.17, 15) is 4.79 Å². The Labute approximate surface area is 166 Å². The molecule has 8 heteroatoms. The van der Waals surface area contributed by atoms with Crippen LogP contribution in [0.1, 0.15) is 37.6 Å². The van der Waals surface area contributed by atoms with Crippen molar-refractivity contribution in [3.8, 4) is 0 Å². The molecule has 28 heavy (non-hydrogen) atoms. The van der Waals surface area contributed by atoms with Crippen molar-refractivity contribution >= 4 is 17.8 Å². The Morgan fingerprint density at radius 2 is 2.00 bits per heavy atom. The lowest BCUT2D eigenvalue weighted by atomic mass is 9.98. The number of pyridine rings is 1. The lowest BCUT2D eigenvalue weighted by molar-refractivity contribution is 0.188. The number of hydrogen-bond acceptors (Lipinski definition) is 6. The van der Waals surface area contributed by atoms with Gasteiger partial charge in [0.1, 0.15) is 5.82 Å². The second-order valence-electron chi connectivity index (χ2n) is 7.62. The van der Waals surface area contributed by atoms with Crippen LogP contribution >= 0.6 is 0 Å². The molecular weight excluding hydrogens is 354 g/mol. The standard InChI is InChI=1S/C20H29N7O/c1-14(2)11-17(16-5-4-6-22-13-16)24-20(28)27-9-7-26(8-10-27)18-12-15(3)23-19(21)25-18/h4-6,12-14,17H,7-11H2,1-3H3,(H,24,28)(H2,21,23,25). The molecular formula is C20H29N7O. The first kappa shape index (κ1) is 19.9. The first-order chi connectivity index (χ1) is 13.4. The van der Waals surface area contributed by atoms with Crippen LogP contribution in [0.15, 0.2) is 30.6 Å². The number of hydrogen-bond donors (Lipinski definition) is 2. The van der Waals surface area contributed by atoms with Crippen LogP contribution in [-0.2, 0) is 0 Å². The van der Waals surface area contributed by atoms with Gasteiger partial charge in [-0.2, -0.15) is 4.98 Å². The molecule has 3 N–H and O–H groups in total. The second-order valence-corrected chi connectivity index (χ2v) is 7.62. The van der Waals surface area contributed by atoms with Gasteiger partial charge in [0.05, 0.1) is 6.04 Å². The second kappa shape index (κ2) is 8.86. The van der Waals surface area contributed by atoms with E-state index in [2.05, 4.69) is 39.0 Å². The van der Waals surface area contributed by atoms with Crippen LogP contribution in [-0.4, -0.2) is 52.1 Å². The summed E-state index contributed by atoms with van der Waals surface area (Å²) >= 11 is 0. The van der Waals surface area contributed by atoms with Gasteiger partial charge in [-0.15, -0.1) is 0 Å². The van der Waals surface area contributed by atoms with Gasteiger partial charge in [0.15, 0.2) is 0 Å². The van der Waals surface area contributed by atoms with Gasteiger partial charge >= 0.3 is 6.03 Å². The van der Waals surface area contributed by atoms with Crippen molar-refractivity contribution in [2.24, 2.45) is 5.92 Å². The number of carbonyl (C=O) groups is 1. The molecule has 0 saturated carbocycles. The first-order valence-electron chi connectivity index (χ1n) is 9.74. The van der Waals surface area contributed by atoms with Crippen LogP contribution in [0.3, 0.4) is 0 Å². The number of anilines is 2. The molecule has 8 nitrogen and oxygen atoms in total. The summed E-state index contributed by atoms with van der Waals surface area (Å²) in [5, 5.41) is 3.19. The number of aryl methyl sites for hydroxylation is 1. The van der Waals surface area contributed by atoms with Crippen LogP contribution in [0.2, 0.25) is 0 Å². The highest BCUT2D eigenvalue weighted by atomic mass is 16.2. The fraction of sp³-hybridized carbons (Fsp3) is 0.500. The monoisotopic (exact) mass is 383 g/mol. The Morgan fingerprint density at radius 1 is 1.25 bits per heavy atom. The van der Waals surface area contributed by atoms with E-state index < -0.39 is 0 Å². The maximum Gasteiger partial charge on any atom is 0.318 e. The van der Waals surface area contributed by atoms with Crippen molar-refractivity contribution in [2.75, 3.05) is 36.8 Å². The fourth-order valence-corrected chi connectivity index (χ4v) is 3.45. The Morgan fingerprint density at radius 3 is 2.61 bits per heavy atom. The van der Waals surface area contributed by atoms with Gasteiger partial charge in [0, 0.05) is 50.3 Å². The van der Waals surface area contributed by atoms with Gasteiger partial charge in [-0.3, -0.25) is 4.98 Å². The van der Waals surface area contributed by atoms with E-state index >= 15 is 0 Å². The van der Waals surface area contributed by atoms with Gasteiger partial charge in [0.2, 0.25) is 5.95 Å². The number of aromatic nitrogens is 3. The molecule has 0 spiro atoms. The van der Waals surface area contributed by atoms with Gasteiger partial charge in [-0.05, 0) is 30.9 Å². The number of nitrogens with two attached hydrogens (primary N) is 1. The van der Waals surface area contributed by atoms with E-state index in [-0.39, 0.29) is 18.0 Å². The van der Waals surface area contributed by atoms with E-state index in [1.54, 1.807) is 6.20 Å². The number of piperazine rings is 1. The van der Waals surface area contributed by atoms with Crippen LogP contribution in [0.25, 0.3) is 0 Å². The van der Waals surface area contributed by atoms with E-state index in [0.717, 1.165) is 23.5 Å². The zero-order valence-corrected chi connectivity index (χ0v) is 16.8. The van der Waals surface area contributed by atoms with Crippen LogP contribution in [0.4, 0.5) is 16.6 Å². The summed E-state index contributed by atoms with van der Waals surface area (Å²) in [5.41, 5.74) is 7.64. The SMILES string of the molecule is Cc1cc(N2CCN(C(=O)NC(CC(C)C)c3cccnc3)CC2)nc(N)n1. The molecule has 2 amide bonds. The normalized spacial score (nSPS) is 15.6. The summed E-state index contributed by atoms with van der Waals surface area (Å²) in [4.78, 5) is 29.5. The molecule has 2 aromatic heterocycles. The predicted molar refractivity (Wildman–Crippen MR) is 110 cm³/mol. The van der Waals surface area contributed by atoms with E-state index in [0.29, 0.717) is 32.1 Å². The van der Waals surface area contributed by atoms with Crippen molar-refractivity contribution in [3.05, 3.63) is 41.9 Å². The Kier molecular flexibility index (Phi) is 6.28. The van der Waals surface area contributed by atoms with E-state index in [1.165, 1.54) is 0 Å². The highest BCUT2D eigenvalue weighted by molar-refractivity contribution is 5.75. The molecule has 1 unspecified atom stereocenters. The number of rotatable bonds is 5. The highest BCUT2D eigenvalue weighted by Gasteiger charge is 2.25. The minimum Gasteiger partial charge on any atom is -0.368 e. The molecule has 1 atom stereocenters. The fourth-order valence-electron chi connectivity index (χ4n) is 3.45. The molecule has 0 aliphatic carbocycles. The number of nitrogens with zero attached hydrogens (tertiary/aromatic N) is 5. The van der Waals surface area contributed by atoms with E-state index in [4.69, 9.17) is 5.73 Å². The number of carbonyl (C=O) groups excluding carboxylic acids is 1. The highest BCUT2D eigenvalue weighted by Crippen LogP contribution is 2.21. The predicted octanol–water partition coefficient (Wildman–Crippen LogP) is 2.38. The van der Waals surface area contributed by atoms with E-state index in [1.807, 2.05) is 36.2 Å². The molecule has 3 heterocycles. The number of urea groups is 1. The molecule has 0 aromatic carbocycles. The number of nitrogen functional groups attached to an aromatic ring is 1. The molecule has 1 aliphatic rings. The van der Waals surface area contributed by atoms with Crippen molar-refractivity contribution in [1.82, 2.24) is 25.2 Å². The number of amides is 2. The Hall–Kier alpha value is -2.90. The van der Waals surface area contributed by atoms with Crippen LogP contribution in [0.5, 0.6) is 0 Å². The smallest absolute Gasteiger partial charge is 0.318 e. The summed E-state index contributed by atoms with van der Waals surface area (Å²) in [5.74, 6) is 1.56. The quantitative estimate of drug-likeness (QED) is 0.822. The maximum absolute atomic E-state index is 12.8. The molecule has 0 radical (unpaired) electrons. The molecule has 2 aromatic rings. The third-order valence-electron chi connectivity index (χ3n) is 4.84. The average Bonchev–Trinajstić information content (AvgIpc) is 2.67. The zero-order chi connectivity index (χ0) is 20.1. The molecule has 0 bridgehead atoms. The lowest BCUT2D eigenvalue weighted by Gasteiger charge is -2.36. The minimum atomic E-state index is -0.0384. The number of nitrogens with one attached hydrogen (secondary N) is 1. The van der Waals surface area contributed by atoms with Crippen molar-refractivity contribution in [3.63, 3.8) is 0 Å². The van der Waals surface area contributed by atoms with Crippen molar-refractivity contribution in [2.45, 2.75) is 33.2 Å². The van der Waals surface area contributed by atoms with Gasteiger partial charge in [-0.25, -0.2) is 9.78 Å². The topological polar surface area (TPSA) is 100 Å². The average molecular weight is 384 g/mol. The van der Waals surface area contributed by atoms with Gasteiger partial charge < -0.3 is 20.9 Å². The van der Waals surface area contributed by atoms with Crippen molar-refractivity contribution < 1.29 is 4.79 Å². The zero-order valence-electron chi connectivity index (χ0n) is 16.8. The largest absolute Gasteiger partial charge is 0.368 e. The minimum absolute atomic E-state index is 0.0347. The summed E-state index contributed by atoms with van der Waals surface area (Å²) in [6, 6.07) is 5.77. The van der Waals surface area contributed by atoms with Gasteiger partial charge in [0.25, 0.3) is 0 Å². The molecule has 1 fully saturated rings. The third kappa shape index (κ3) is 5.09. The third-order valence-corrected chi connectivity index (χ3v) is 4.84. The summed E-state index contributed by atoms with van der Waals surface area (Å²) in [6.07, 6.45) is 4.45. The Balaban J connectivity index is 1.60. The van der Waals surface area contributed by atoms with Gasteiger partial charge in [-0.1, -0.05) is 19.9 Å². The molecule has 1 saturated heterocycles. The van der Waals surface area contributed by atoms with Crippen molar-refractivity contribution in [1.29, 1.82) is 0 Å². The molecule has 3 rings (SSSR count). The summed E-state index contributed by atoms with van der Waals surface area (Å²) in [6.45, 7) is 8.91. The Bertz CT molecular complexity index is 768. The lowest BCUT2D eigenvalue weighted by Crippen LogP contribution is -2.52. The summed E-state index contributed by atoms with van der Waals surface area (Å²) < 4.78 is 0. The first-order valence-corrected chi connectivity index (χ1v) is 9.74. The van der Waals surface area contributed by atoms with Crippen LogP contribution in [0, 0.1) is 12.8 Å². The molecule has 1 aliphatic heterocycles. The van der Waals surface area contributed by atoms with Crippen LogP contribution < -0.4 is 16.0 Å².